The van der Waals surface area contributed by atoms with Gasteiger partial charge in [0.05, 0.1) is 18.2 Å². The number of carbonyl (C=O) groups excluding carboxylic acids is 2. The Bertz CT molecular complexity index is 1890. The number of likely N-dealkylation sites (N-methyl/N-ethyl adjacent to an activating group) is 1. The molecule has 47 heavy (non-hydrogen) atoms. The van der Waals surface area contributed by atoms with Crippen molar-refractivity contribution in [3.63, 3.8) is 0 Å². The van der Waals surface area contributed by atoms with Gasteiger partial charge in [-0.1, -0.05) is 19.3 Å². The molecule has 3 aromatic rings. The fourth-order valence-electron chi connectivity index (χ4n) is 9.23. The summed E-state index contributed by atoms with van der Waals surface area (Å²) in [5.41, 5.74) is 4.59. The number of aromatic nitrogens is 2. The molecular formula is C35H44N6O5S. The van der Waals surface area contributed by atoms with Gasteiger partial charge >= 0.3 is 10.2 Å². The SMILES string of the molecule is COc1ccc2c(c1)[C@@H]1C[C@]1(C(=O)N1[C@@H]3CC[C@H]1CN(C)C3)Cn1c-2c(C2CCCCC2)c2ccc(C(=O)NS(=O)(=O)N(C)C)nc21. The summed E-state index contributed by atoms with van der Waals surface area (Å²) >= 11 is 0. The van der Waals surface area contributed by atoms with Crippen LogP contribution in [-0.4, -0.2) is 97.3 Å². The van der Waals surface area contributed by atoms with Crippen LogP contribution in [0.15, 0.2) is 30.3 Å². The number of rotatable bonds is 6. The standard InChI is InChI=1S/C35H44N6O5S/c1-38(2)47(44,45)37-33(42)29-15-14-26-30(21-8-6-5-7-9-21)31-25-13-12-24(46-4)16-27(25)28-17-35(28,20-40(31)32(26)36-29)34(43)41-22-10-11-23(41)19-39(3)18-22/h12-16,21-23,28H,5-11,17-20H2,1-4H3,(H,37,42)/t22-,23+,28-,35-/m0/s1. The number of fused-ring (bicyclic) bond motifs is 9. The molecule has 0 radical (unpaired) electrons. The number of pyridine rings is 1. The van der Waals surface area contributed by atoms with Crippen molar-refractivity contribution in [2.45, 2.75) is 81.8 Å². The van der Waals surface area contributed by atoms with Gasteiger partial charge in [0, 0.05) is 62.7 Å². The monoisotopic (exact) mass is 660 g/mol. The highest BCUT2D eigenvalue weighted by atomic mass is 32.2. The van der Waals surface area contributed by atoms with Crippen molar-refractivity contribution in [2.24, 2.45) is 5.41 Å². The van der Waals surface area contributed by atoms with E-state index in [1.807, 2.05) is 12.1 Å². The Morgan fingerprint density at radius 1 is 1.02 bits per heavy atom. The van der Waals surface area contributed by atoms with E-state index in [0.29, 0.717) is 18.1 Å². The van der Waals surface area contributed by atoms with Gasteiger partial charge in [-0.15, -0.1) is 0 Å². The summed E-state index contributed by atoms with van der Waals surface area (Å²) in [6.07, 6.45) is 8.47. The molecule has 8 rings (SSSR count). The van der Waals surface area contributed by atoms with Gasteiger partial charge in [-0.3, -0.25) is 9.59 Å². The van der Waals surface area contributed by atoms with Crippen molar-refractivity contribution in [1.29, 1.82) is 0 Å². The summed E-state index contributed by atoms with van der Waals surface area (Å²) in [5.74, 6) is 0.599. The number of methoxy groups -OCH3 is 1. The second-order valence-corrected chi connectivity index (χ2v) is 16.5. The van der Waals surface area contributed by atoms with Crippen molar-refractivity contribution in [1.82, 2.24) is 28.4 Å². The Balaban J connectivity index is 1.32. The Kier molecular flexibility index (Phi) is 7.23. The largest absolute Gasteiger partial charge is 0.497 e. The number of amides is 2. The predicted octanol–water partition coefficient (Wildman–Crippen LogP) is 4.09. The van der Waals surface area contributed by atoms with Crippen molar-refractivity contribution in [3.05, 3.63) is 47.2 Å². The minimum atomic E-state index is -4.00. The Hall–Kier alpha value is -3.48. The van der Waals surface area contributed by atoms with E-state index < -0.39 is 21.5 Å². The molecule has 2 amide bonds. The number of carbonyl (C=O) groups is 2. The van der Waals surface area contributed by atoms with Gasteiger partial charge in [0.1, 0.15) is 17.1 Å². The summed E-state index contributed by atoms with van der Waals surface area (Å²) < 4.78 is 36.2. The second kappa shape index (κ2) is 11.0. The van der Waals surface area contributed by atoms with Crippen LogP contribution >= 0.6 is 0 Å². The first kappa shape index (κ1) is 30.8. The normalized spacial score (nSPS) is 27.3. The molecule has 5 heterocycles. The van der Waals surface area contributed by atoms with Gasteiger partial charge < -0.3 is 19.1 Å². The van der Waals surface area contributed by atoms with E-state index in [0.717, 1.165) is 90.3 Å². The zero-order chi connectivity index (χ0) is 32.8. The number of hydrogen-bond donors (Lipinski definition) is 1. The highest BCUT2D eigenvalue weighted by Gasteiger charge is 2.65. The Labute approximate surface area is 276 Å². The number of nitrogens with zero attached hydrogens (tertiary/aromatic N) is 5. The maximum Gasteiger partial charge on any atom is 0.303 e. The predicted molar refractivity (Wildman–Crippen MR) is 179 cm³/mol. The number of benzene rings is 1. The van der Waals surface area contributed by atoms with E-state index >= 15 is 0 Å². The molecule has 11 nitrogen and oxygen atoms in total. The van der Waals surface area contributed by atoms with Crippen molar-refractivity contribution < 1.29 is 22.7 Å². The molecule has 0 unspecified atom stereocenters. The molecule has 1 N–H and O–H groups in total. The zero-order valence-corrected chi connectivity index (χ0v) is 28.5. The van der Waals surface area contributed by atoms with Crippen molar-refractivity contribution in [3.8, 4) is 17.0 Å². The van der Waals surface area contributed by atoms with E-state index in [2.05, 4.69) is 38.3 Å². The molecule has 4 atom stereocenters. The molecule has 2 aliphatic carbocycles. The molecule has 5 aliphatic rings. The third kappa shape index (κ3) is 4.81. The molecule has 12 heteroatoms. The van der Waals surface area contributed by atoms with E-state index in [9.17, 15) is 18.0 Å². The summed E-state index contributed by atoms with van der Waals surface area (Å²) in [6.45, 7) is 2.26. The summed E-state index contributed by atoms with van der Waals surface area (Å²) in [6, 6.07) is 10.3. The van der Waals surface area contributed by atoms with Crippen LogP contribution in [0.4, 0.5) is 0 Å². The molecule has 3 aliphatic heterocycles. The third-order valence-corrected chi connectivity index (χ3v) is 13.0. The first-order valence-corrected chi connectivity index (χ1v) is 18.4. The zero-order valence-electron chi connectivity index (χ0n) is 27.7. The van der Waals surface area contributed by atoms with E-state index in [1.165, 1.54) is 26.1 Å². The van der Waals surface area contributed by atoms with E-state index in [1.54, 1.807) is 13.2 Å². The Morgan fingerprint density at radius 3 is 2.43 bits per heavy atom. The maximum absolute atomic E-state index is 15.0. The fraction of sp³-hybridized carbons (Fsp3) is 0.571. The summed E-state index contributed by atoms with van der Waals surface area (Å²) in [4.78, 5) is 37.8. The molecule has 0 spiro atoms. The minimum absolute atomic E-state index is 0.0301. The van der Waals surface area contributed by atoms with Crippen LogP contribution in [0.2, 0.25) is 0 Å². The van der Waals surface area contributed by atoms with Crippen LogP contribution in [0.3, 0.4) is 0 Å². The first-order chi connectivity index (χ1) is 22.5. The molecular weight excluding hydrogens is 616 g/mol. The smallest absolute Gasteiger partial charge is 0.303 e. The van der Waals surface area contributed by atoms with Gasteiger partial charge in [0.25, 0.3) is 5.91 Å². The number of ether oxygens (including phenoxy) is 1. The average molecular weight is 661 g/mol. The molecule has 2 bridgehead atoms. The molecule has 1 aromatic carbocycles. The molecule has 2 saturated carbocycles. The lowest BCUT2D eigenvalue weighted by Crippen LogP contribution is -2.57. The van der Waals surface area contributed by atoms with Gasteiger partial charge in [-0.25, -0.2) is 9.71 Å². The quantitative estimate of drug-likeness (QED) is 0.424. The molecule has 2 aromatic heterocycles. The van der Waals surface area contributed by atoms with Gasteiger partial charge in [-0.05, 0) is 86.5 Å². The van der Waals surface area contributed by atoms with Crippen molar-refractivity contribution in [2.75, 3.05) is 41.3 Å². The van der Waals surface area contributed by atoms with Crippen LogP contribution in [-0.2, 0) is 21.5 Å². The van der Waals surface area contributed by atoms with Crippen LogP contribution in [0, 0.1) is 5.41 Å². The highest BCUT2D eigenvalue weighted by Crippen LogP contribution is 2.66. The number of likely N-dealkylation sites (tertiary alicyclic amines) is 1. The lowest BCUT2D eigenvalue weighted by atomic mass is 9.81. The van der Waals surface area contributed by atoms with E-state index in [-0.39, 0.29) is 29.6 Å². The van der Waals surface area contributed by atoms with E-state index in [4.69, 9.17) is 9.72 Å². The lowest BCUT2D eigenvalue weighted by molar-refractivity contribution is -0.143. The number of nitrogens with one attached hydrogen (secondary N) is 1. The van der Waals surface area contributed by atoms with Gasteiger partial charge in [-0.2, -0.15) is 12.7 Å². The van der Waals surface area contributed by atoms with Crippen LogP contribution in [0.1, 0.15) is 84.8 Å². The van der Waals surface area contributed by atoms with Crippen molar-refractivity contribution >= 4 is 33.1 Å². The molecule has 4 fully saturated rings. The first-order valence-electron chi connectivity index (χ1n) is 17.0. The van der Waals surface area contributed by atoms with Crippen LogP contribution < -0.4 is 9.46 Å². The lowest BCUT2D eigenvalue weighted by Gasteiger charge is -2.41. The average Bonchev–Trinajstić information content (AvgIpc) is 3.64. The Morgan fingerprint density at radius 2 is 1.74 bits per heavy atom. The second-order valence-electron chi connectivity index (χ2n) is 14.7. The minimum Gasteiger partial charge on any atom is -0.497 e. The third-order valence-electron chi connectivity index (χ3n) is 11.6. The molecule has 250 valence electrons. The topological polar surface area (TPSA) is 117 Å². The fourth-order valence-corrected chi connectivity index (χ4v) is 9.75. The molecule has 2 saturated heterocycles. The summed E-state index contributed by atoms with van der Waals surface area (Å²) in [5, 5.41) is 0.974. The number of piperazine rings is 1. The number of hydrogen-bond acceptors (Lipinski definition) is 7. The van der Waals surface area contributed by atoms with Gasteiger partial charge in [0.15, 0.2) is 0 Å². The van der Waals surface area contributed by atoms with Crippen LogP contribution in [0.25, 0.3) is 22.3 Å². The highest BCUT2D eigenvalue weighted by molar-refractivity contribution is 7.87. The van der Waals surface area contributed by atoms with Gasteiger partial charge in [0.2, 0.25) is 5.91 Å². The van der Waals surface area contributed by atoms with Crippen LogP contribution in [0.5, 0.6) is 5.75 Å². The maximum atomic E-state index is 15.0. The summed E-state index contributed by atoms with van der Waals surface area (Å²) in [7, 11) is 2.57.